The number of fused-ring (bicyclic) bond motifs is 2. The Hall–Kier alpha value is -3.02. The minimum absolute atomic E-state index is 0.000925. The fourth-order valence-corrected chi connectivity index (χ4v) is 3.65. The third kappa shape index (κ3) is 2.87. The molecule has 0 saturated heterocycles. The highest BCUT2D eigenvalue weighted by molar-refractivity contribution is 5.89. The number of aliphatic imine (C=N–C) groups is 1. The Kier molecular flexibility index (Phi) is 4.24. The van der Waals surface area contributed by atoms with Gasteiger partial charge in [-0.25, -0.2) is 0 Å². The average Bonchev–Trinajstić information content (AvgIpc) is 2.67. The number of methoxy groups -OCH3 is 1. The van der Waals surface area contributed by atoms with Crippen molar-refractivity contribution in [3.8, 4) is 5.75 Å². The van der Waals surface area contributed by atoms with E-state index >= 15 is 0 Å². The molecule has 6 heteroatoms. The van der Waals surface area contributed by atoms with Gasteiger partial charge in [0.25, 0.3) is 11.9 Å². The molecular formula is C20H20N3O3. The molecule has 0 fully saturated rings. The van der Waals surface area contributed by atoms with E-state index in [1.165, 1.54) is 5.56 Å². The van der Waals surface area contributed by atoms with E-state index in [4.69, 9.17) is 15.2 Å². The number of ether oxygens (including phenoxy) is 2. The van der Waals surface area contributed by atoms with Gasteiger partial charge < -0.3 is 20.5 Å². The zero-order valence-electron chi connectivity index (χ0n) is 14.5. The van der Waals surface area contributed by atoms with Crippen LogP contribution < -0.4 is 15.8 Å². The molecule has 4 rings (SSSR count). The van der Waals surface area contributed by atoms with Crippen LogP contribution in [0.5, 0.6) is 5.75 Å². The second-order valence-electron chi connectivity index (χ2n) is 6.42. The van der Waals surface area contributed by atoms with E-state index in [9.17, 15) is 4.79 Å². The fourth-order valence-electron chi connectivity index (χ4n) is 3.65. The highest BCUT2D eigenvalue weighted by Gasteiger charge is 2.31. The average molecular weight is 350 g/mol. The Bertz CT molecular complexity index is 864. The molecule has 2 unspecified atom stereocenters. The molecule has 2 atom stereocenters. The van der Waals surface area contributed by atoms with Crippen molar-refractivity contribution < 1.29 is 14.3 Å². The predicted octanol–water partition coefficient (Wildman–Crippen LogP) is 2.71. The van der Waals surface area contributed by atoms with Crippen molar-refractivity contribution in [1.29, 1.82) is 0 Å². The van der Waals surface area contributed by atoms with Crippen LogP contribution in [0.3, 0.4) is 0 Å². The van der Waals surface area contributed by atoms with Gasteiger partial charge in [0.2, 0.25) is 6.10 Å². The van der Waals surface area contributed by atoms with Crippen molar-refractivity contribution in [1.82, 2.24) is 5.32 Å². The number of hydrogen-bond acceptors (Lipinski definition) is 5. The summed E-state index contributed by atoms with van der Waals surface area (Å²) in [6, 6.07) is 14.6. The Morgan fingerprint density at radius 1 is 1.42 bits per heavy atom. The van der Waals surface area contributed by atoms with E-state index in [1.54, 1.807) is 25.3 Å². The van der Waals surface area contributed by atoms with E-state index < -0.39 is 12.0 Å². The van der Waals surface area contributed by atoms with Crippen LogP contribution in [-0.2, 0) is 16.0 Å². The summed E-state index contributed by atoms with van der Waals surface area (Å²) in [5.74, 6) is 0.291. The smallest absolute Gasteiger partial charge is 0.291 e. The highest BCUT2D eigenvalue weighted by atomic mass is 16.5. The monoisotopic (exact) mass is 350 g/mol. The first-order chi connectivity index (χ1) is 12.7. The molecule has 0 bridgehead atoms. The number of amidine groups is 1. The number of hydrogen-bond donors (Lipinski definition) is 2. The zero-order valence-corrected chi connectivity index (χ0v) is 14.5. The van der Waals surface area contributed by atoms with E-state index in [1.807, 2.05) is 12.1 Å². The first-order valence-electron chi connectivity index (χ1n) is 8.64. The van der Waals surface area contributed by atoms with Gasteiger partial charge in [-0.3, -0.25) is 4.79 Å². The minimum atomic E-state index is -0.872. The summed E-state index contributed by atoms with van der Waals surface area (Å²) in [4.78, 5) is 16.3. The number of nitrogens with two attached hydrogens (primary N) is 1. The Balaban J connectivity index is 1.67. The van der Waals surface area contributed by atoms with E-state index in [0.29, 0.717) is 17.3 Å². The van der Waals surface area contributed by atoms with Gasteiger partial charge in [0.1, 0.15) is 5.75 Å². The summed E-state index contributed by atoms with van der Waals surface area (Å²) in [6.45, 7) is 0. The van der Waals surface area contributed by atoms with Crippen molar-refractivity contribution >= 4 is 17.6 Å². The van der Waals surface area contributed by atoms with Gasteiger partial charge in [0, 0.05) is 11.1 Å². The molecule has 3 N–H and O–H groups in total. The summed E-state index contributed by atoms with van der Waals surface area (Å²) in [7, 11) is 1.67. The quantitative estimate of drug-likeness (QED) is 0.891. The third-order valence-electron chi connectivity index (χ3n) is 4.83. The SMILES string of the molecule is COc1cccc2c1C(NC1=Nc3cc[c]cc3C(C(N)=O)O1)CCC2. The van der Waals surface area contributed by atoms with Gasteiger partial charge in [-0.1, -0.05) is 18.2 Å². The van der Waals surface area contributed by atoms with Gasteiger partial charge >= 0.3 is 0 Å². The van der Waals surface area contributed by atoms with Crippen LogP contribution >= 0.6 is 0 Å². The van der Waals surface area contributed by atoms with Gasteiger partial charge in [-0.2, -0.15) is 4.99 Å². The molecule has 0 spiro atoms. The zero-order chi connectivity index (χ0) is 18.1. The van der Waals surface area contributed by atoms with Crippen LogP contribution in [0.1, 0.15) is 41.7 Å². The number of aryl methyl sites for hydroxylation is 1. The predicted molar refractivity (Wildman–Crippen MR) is 97.2 cm³/mol. The lowest BCUT2D eigenvalue weighted by molar-refractivity contribution is -0.125. The largest absolute Gasteiger partial charge is 0.496 e. The van der Waals surface area contributed by atoms with E-state index in [-0.39, 0.29) is 6.04 Å². The summed E-state index contributed by atoms with van der Waals surface area (Å²) < 4.78 is 11.3. The lowest BCUT2D eigenvalue weighted by Crippen LogP contribution is -2.38. The molecule has 0 aromatic heterocycles. The summed E-state index contributed by atoms with van der Waals surface area (Å²) in [5.41, 5.74) is 9.19. The minimum Gasteiger partial charge on any atom is -0.496 e. The molecule has 26 heavy (non-hydrogen) atoms. The van der Waals surface area contributed by atoms with Gasteiger partial charge in [-0.15, -0.1) is 0 Å². The first kappa shape index (κ1) is 16.4. The number of primary amides is 1. The molecule has 1 heterocycles. The van der Waals surface area contributed by atoms with Gasteiger partial charge in [0.15, 0.2) is 0 Å². The van der Waals surface area contributed by atoms with E-state index in [0.717, 1.165) is 30.6 Å². The molecule has 6 nitrogen and oxygen atoms in total. The Morgan fingerprint density at radius 2 is 2.31 bits per heavy atom. The number of carbonyl (C=O) groups is 1. The van der Waals surface area contributed by atoms with Crippen molar-refractivity contribution in [2.45, 2.75) is 31.4 Å². The molecule has 0 saturated carbocycles. The number of nitrogens with zero attached hydrogens (tertiary/aromatic N) is 1. The lowest BCUT2D eigenvalue weighted by Gasteiger charge is -2.31. The second-order valence-corrected chi connectivity index (χ2v) is 6.42. The Morgan fingerprint density at radius 3 is 3.12 bits per heavy atom. The Labute approximate surface area is 152 Å². The molecule has 1 aliphatic heterocycles. The second kappa shape index (κ2) is 6.71. The van der Waals surface area contributed by atoms with Gasteiger partial charge in [-0.05, 0) is 49.1 Å². The summed E-state index contributed by atoms with van der Waals surface area (Å²) in [6.07, 6.45) is 2.12. The standard InChI is InChI=1S/C20H20N3O3/c1-25-16-11-5-7-12-6-4-10-15(17(12)16)23-20-22-14-9-3-2-8-13(14)18(26-20)19(21)24/h3,5,7-9,11,15,18H,4,6,10H2,1H3,(H2,21,24)(H,22,23). The van der Waals surface area contributed by atoms with Crippen LogP contribution in [0.25, 0.3) is 0 Å². The summed E-state index contributed by atoms with van der Waals surface area (Å²) >= 11 is 0. The van der Waals surface area contributed by atoms with Crippen molar-refractivity contribution in [3.05, 3.63) is 59.2 Å². The number of nitrogens with one attached hydrogen (secondary N) is 1. The van der Waals surface area contributed by atoms with E-state index in [2.05, 4.69) is 22.4 Å². The summed E-state index contributed by atoms with van der Waals surface area (Å²) in [5, 5.41) is 3.34. The third-order valence-corrected chi connectivity index (χ3v) is 4.83. The van der Waals surface area contributed by atoms with Crippen LogP contribution in [0.15, 0.2) is 41.4 Å². The highest BCUT2D eigenvalue weighted by Crippen LogP contribution is 2.38. The number of amides is 1. The number of benzene rings is 2. The topological polar surface area (TPSA) is 85.9 Å². The molecule has 2 aliphatic rings. The molecule has 1 aliphatic carbocycles. The fraction of sp³-hybridized carbons (Fsp3) is 0.300. The number of rotatable bonds is 3. The maximum Gasteiger partial charge on any atom is 0.291 e. The molecular weight excluding hydrogens is 330 g/mol. The maximum atomic E-state index is 11.8. The van der Waals surface area contributed by atoms with Crippen molar-refractivity contribution in [2.24, 2.45) is 10.7 Å². The lowest BCUT2D eigenvalue weighted by atomic mass is 9.87. The molecule has 1 amide bonds. The first-order valence-corrected chi connectivity index (χ1v) is 8.64. The molecule has 133 valence electrons. The molecule has 2 aromatic rings. The van der Waals surface area contributed by atoms with Crippen LogP contribution in [0, 0.1) is 6.07 Å². The van der Waals surface area contributed by atoms with Crippen LogP contribution in [0.4, 0.5) is 5.69 Å². The number of carbonyl (C=O) groups excluding carboxylic acids is 1. The van der Waals surface area contributed by atoms with Gasteiger partial charge in [0.05, 0.1) is 18.8 Å². The van der Waals surface area contributed by atoms with Crippen LogP contribution in [0.2, 0.25) is 0 Å². The molecule has 2 aromatic carbocycles. The van der Waals surface area contributed by atoms with Crippen molar-refractivity contribution in [2.75, 3.05) is 7.11 Å². The van der Waals surface area contributed by atoms with Crippen LogP contribution in [-0.4, -0.2) is 19.0 Å². The van der Waals surface area contributed by atoms with Crippen molar-refractivity contribution in [3.63, 3.8) is 0 Å². The molecule has 1 radical (unpaired) electrons. The maximum absolute atomic E-state index is 11.8. The normalized spacial score (nSPS) is 20.9.